The lowest BCUT2D eigenvalue weighted by Crippen LogP contribution is -2.25. The molecule has 0 amide bonds. The van der Waals surface area contributed by atoms with Gasteiger partial charge in [-0.05, 0) is 17.8 Å². The number of hydrogen-bond donors (Lipinski definition) is 1. The largest absolute Gasteiger partial charge is 0.396 e. The summed E-state index contributed by atoms with van der Waals surface area (Å²) in [6, 6.07) is 0. The van der Waals surface area contributed by atoms with E-state index in [2.05, 4.69) is 27.7 Å². The molecule has 0 fully saturated rings. The molecule has 11 heavy (non-hydrogen) atoms. The van der Waals surface area contributed by atoms with Crippen LogP contribution < -0.4 is 0 Å². The average molecular weight is 158 g/mol. The van der Waals surface area contributed by atoms with Gasteiger partial charge in [-0.2, -0.15) is 0 Å². The molecule has 1 nitrogen and oxygen atoms in total. The summed E-state index contributed by atoms with van der Waals surface area (Å²) < 4.78 is 0. The molecule has 0 aromatic rings. The van der Waals surface area contributed by atoms with Gasteiger partial charge in [0.1, 0.15) is 0 Å². The van der Waals surface area contributed by atoms with Crippen LogP contribution in [0.25, 0.3) is 0 Å². The maximum atomic E-state index is 8.88. The molecule has 0 aromatic carbocycles. The van der Waals surface area contributed by atoms with Crippen molar-refractivity contribution in [2.75, 3.05) is 6.61 Å². The van der Waals surface area contributed by atoms with Crippen LogP contribution in [0.1, 0.15) is 47.0 Å². The summed E-state index contributed by atoms with van der Waals surface area (Å²) in [5.41, 5.74) is 0.351. The van der Waals surface area contributed by atoms with Crippen molar-refractivity contribution in [3.8, 4) is 0 Å². The van der Waals surface area contributed by atoms with Gasteiger partial charge in [-0.1, -0.05) is 40.5 Å². The summed E-state index contributed by atoms with van der Waals surface area (Å²) in [4.78, 5) is 0. The molecule has 1 N–H and O–H groups in total. The van der Waals surface area contributed by atoms with Crippen LogP contribution in [0, 0.1) is 11.3 Å². The zero-order valence-electron chi connectivity index (χ0n) is 8.35. The lowest BCUT2D eigenvalue weighted by atomic mass is 9.72. The Bertz CT molecular complexity index is 101. The van der Waals surface area contributed by atoms with Crippen LogP contribution in [0.5, 0.6) is 0 Å². The second-order valence-corrected chi connectivity index (χ2v) is 3.79. The van der Waals surface area contributed by atoms with Crippen molar-refractivity contribution in [2.24, 2.45) is 11.3 Å². The predicted molar refractivity (Wildman–Crippen MR) is 49.6 cm³/mol. The van der Waals surface area contributed by atoms with Crippen LogP contribution >= 0.6 is 0 Å². The van der Waals surface area contributed by atoms with E-state index in [1.807, 2.05) is 0 Å². The highest BCUT2D eigenvalue weighted by atomic mass is 16.3. The highest BCUT2D eigenvalue weighted by Gasteiger charge is 2.26. The number of hydrogen-bond acceptors (Lipinski definition) is 1. The zero-order valence-corrected chi connectivity index (χ0v) is 8.35. The first-order valence-electron chi connectivity index (χ1n) is 4.71. The molecule has 0 aliphatic heterocycles. The molecule has 0 aliphatic carbocycles. The topological polar surface area (TPSA) is 20.2 Å². The quantitative estimate of drug-likeness (QED) is 0.652. The summed E-state index contributed by atoms with van der Waals surface area (Å²) in [5.74, 6) is 0.722. The third-order valence-corrected chi connectivity index (χ3v) is 3.29. The zero-order chi connectivity index (χ0) is 8.91. The van der Waals surface area contributed by atoms with Gasteiger partial charge < -0.3 is 5.11 Å². The average Bonchev–Trinajstić information content (AvgIpc) is 2.03. The Kier molecular flexibility index (Phi) is 4.74. The second kappa shape index (κ2) is 4.76. The van der Waals surface area contributed by atoms with Gasteiger partial charge in [0.15, 0.2) is 0 Å². The van der Waals surface area contributed by atoms with Crippen molar-refractivity contribution in [1.82, 2.24) is 0 Å². The molecular formula is C10H22O. The number of rotatable bonds is 5. The molecule has 0 aliphatic rings. The summed E-state index contributed by atoms with van der Waals surface area (Å²) in [6.07, 6.45) is 3.32. The Hall–Kier alpha value is -0.0400. The van der Waals surface area contributed by atoms with Crippen molar-refractivity contribution in [1.29, 1.82) is 0 Å². The van der Waals surface area contributed by atoms with E-state index in [0.717, 1.165) is 12.3 Å². The first-order chi connectivity index (χ1) is 5.10. The Morgan fingerprint density at radius 2 is 1.91 bits per heavy atom. The van der Waals surface area contributed by atoms with Crippen molar-refractivity contribution < 1.29 is 5.11 Å². The highest BCUT2D eigenvalue weighted by molar-refractivity contribution is 4.77. The first-order valence-corrected chi connectivity index (χ1v) is 4.71. The maximum absolute atomic E-state index is 8.88. The van der Waals surface area contributed by atoms with Gasteiger partial charge >= 0.3 is 0 Å². The van der Waals surface area contributed by atoms with E-state index in [1.54, 1.807) is 0 Å². The Labute approximate surface area is 70.8 Å². The van der Waals surface area contributed by atoms with Gasteiger partial charge in [0, 0.05) is 6.61 Å². The lowest BCUT2D eigenvalue weighted by Gasteiger charge is -2.33. The summed E-state index contributed by atoms with van der Waals surface area (Å²) in [6.45, 7) is 9.31. The Morgan fingerprint density at radius 3 is 2.18 bits per heavy atom. The van der Waals surface area contributed by atoms with E-state index >= 15 is 0 Å². The van der Waals surface area contributed by atoms with E-state index in [9.17, 15) is 0 Å². The fourth-order valence-corrected chi connectivity index (χ4v) is 1.52. The van der Waals surface area contributed by atoms with Crippen LogP contribution in [-0.2, 0) is 0 Å². The third kappa shape index (κ3) is 2.82. The van der Waals surface area contributed by atoms with Crippen LogP contribution in [0.4, 0.5) is 0 Å². The molecule has 0 rings (SSSR count). The van der Waals surface area contributed by atoms with Crippen molar-refractivity contribution in [3.63, 3.8) is 0 Å². The van der Waals surface area contributed by atoms with E-state index < -0.39 is 0 Å². The molecule has 0 saturated heterocycles. The summed E-state index contributed by atoms with van der Waals surface area (Å²) in [5, 5.41) is 8.88. The van der Waals surface area contributed by atoms with Gasteiger partial charge in [-0.15, -0.1) is 0 Å². The molecule has 68 valence electrons. The van der Waals surface area contributed by atoms with E-state index in [0.29, 0.717) is 12.0 Å². The molecule has 2 unspecified atom stereocenters. The van der Waals surface area contributed by atoms with Gasteiger partial charge in [-0.25, -0.2) is 0 Å². The normalized spacial score (nSPS) is 19.4. The molecule has 0 heterocycles. The molecular weight excluding hydrogens is 136 g/mol. The van der Waals surface area contributed by atoms with Gasteiger partial charge in [0.05, 0.1) is 0 Å². The molecule has 2 atom stereocenters. The maximum Gasteiger partial charge on any atom is 0.0436 e. The molecule has 0 spiro atoms. The SMILES string of the molecule is CCC(C)C(C)(CC)CCO. The third-order valence-electron chi connectivity index (χ3n) is 3.29. The first kappa shape index (κ1) is 11.0. The Morgan fingerprint density at radius 1 is 1.36 bits per heavy atom. The van der Waals surface area contributed by atoms with E-state index in [4.69, 9.17) is 5.11 Å². The standard InChI is InChI=1S/C10H22O/c1-5-9(3)10(4,6-2)7-8-11/h9,11H,5-8H2,1-4H3. The molecule has 0 radical (unpaired) electrons. The number of aliphatic hydroxyl groups excluding tert-OH is 1. The molecule has 0 bridgehead atoms. The minimum Gasteiger partial charge on any atom is -0.396 e. The summed E-state index contributed by atoms with van der Waals surface area (Å²) >= 11 is 0. The van der Waals surface area contributed by atoms with Crippen LogP contribution in [-0.4, -0.2) is 11.7 Å². The highest BCUT2D eigenvalue weighted by Crippen LogP contribution is 2.36. The van der Waals surface area contributed by atoms with Crippen molar-refractivity contribution >= 4 is 0 Å². The number of aliphatic hydroxyl groups is 1. The van der Waals surface area contributed by atoms with E-state index in [-0.39, 0.29) is 0 Å². The van der Waals surface area contributed by atoms with Crippen LogP contribution in [0.3, 0.4) is 0 Å². The van der Waals surface area contributed by atoms with Gasteiger partial charge in [-0.3, -0.25) is 0 Å². The predicted octanol–water partition coefficient (Wildman–Crippen LogP) is 2.83. The second-order valence-electron chi connectivity index (χ2n) is 3.79. The molecule has 1 heteroatoms. The molecule has 0 aromatic heterocycles. The fraction of sp³-hybridized carbons (Fsp3) is 1.00. The smallest absolute Gasteiger partial charge is 0.0436 e. The van der Waals surface area contributed by atoms with E-state index in [1.165, 1.54) is 12.8 Å². The van der Waals surface area contributed by atoms with Gasteiger partial charge in [0.2, 0.25) is 0 Å². The van der Waals surface area contributed by atoms with Crippen LogP contribution in [0.15, 0.2) is 0 Å². The van der Waals surface area contributed by atoms with Crippen LogP contribution in [0.2, 0.25) is 0 Å². The van der Waals surface area contributed by atoms with Crippen molar-refractivity contribution in [3.05, 3.63) is 0 Å². The molecule has 0 saturated carbocycles. The fourth-order valence-electron chi connectivity index (χ4n) is 1.52. The minimum absolute atomic E-state index is 0.328. The monoisotopic (exact) mass is 158 g/mol. The lowest BCUT2D eigenvalue weighted by molar-refractivity contribution is 0.127. The minimum atomic E-state index is 0.328. The van der Waals surface area contributed by atoms with Crippen molar-refractivity contribution in [2.45, 2.75) is 47.0 Å². The summed E-state index contributed by atoms with van der Waals surface area (Å²) in [7, 11) is 0. The van der Waals surface area contributed by atoms with Gasteiger partial charge in [0.25, 0.3) is 0 Å². The Balaban J connectivity index is 4.07.